The zero-order chi connectivity index (χ0) is 23.8. The summed E-state index contributed by atoms with van der Waals surface area (Å²) in [5.41, 5.74) is -2.50. The Balaban J connectivity index is 1.85. The van der Waals surface area contributed by atoms with E-state index in [-0.39, 0.29) is 11.5 Å². The summed E-state index contributed by atoms with van der Waals surface area (Å²) in [4.78, 5) is 38.5. The van der Waals surface area contributed by atoms with Crippen LogP contribution in [0.2, 0.25) is 0 Å². The van der Waals surface area contributed by atoms with Crippen molar-refractivity contribution >= 4 is 17.7 Å². The number of aliphatic hydroxyl groups excluding tert-OH is 1. The van der Waals surface area contributed by atoms with Crippen molar-refractivity contribution in [1.29, 1.82) is 0 Å². The number of aliphatic carboxylic acids is 1. The van der Waals surface area contributed by atoms with Crippen molar-refractivity contribution in [2.45, 2.75) is 64.5 Å². The Morgan fingerprint density at radius 1 is 1.22 bits per heavy atom. The van der Waals surface area contributed by atoms with E-state index in [2.05, 4.69) is 19.1 Å². The second-order valence-corrected chi connectivity index (χ2v) is 9.94. The minimum absolute atomic E-state index is 0.214. The monoisotopic (exact) mass is 445 g/mol. The van der Waals surface area contributed by atoms with Crippen LogP contribution < -0.4 is 0 Å². The molecule has 3 N–H and O–H groups in total. The first-order valence-electron chi connectivity index (χ1n) is 11.6. The van der Waals surface area contributed by atoms with Crippen LogP contribution in [0.25, 0.3) is 0 Å². The highest BCUT2D eigenvalue weighted by molar-refractivity contribution is 6.27. The molecule has 0 radical (unpaired) electrons. The van der Waals surface area contributed by atoms with Gasteiger partial charge in [-0.3, -0.25) is 9.59 Å². The summed E-state index contributed by atoms with van der Waals surface area (Å²) in [6.45, 7) is 5.23. The van der Waals surface area contributed by atoms with Crippen LogP contribution in [0, 0.1) is 29.6 Å². The average Bonchev–Trinajstić information content (AvgIpc) is 2.95. The molecule has 4 unspecified atom stereocenters. The van der Waals surface area contributed by atoms with Crippen LogP contribution in [0.5, 0.6) is 0 Å². The smallest absolute Gasteiger partial charge is 0.336 e. The molecule has 3 rings (SSSR count). The van der Waals surface area contributed by atoms with Gasteiger partial charge in [0.25, 0.3) is 5.91 Å². The third-order valence-electron chi connectivity index (χ3n) is 7.75. The zero-order valence-corrected chi connectivity index (χ0v) is 19.3. The number of nitrogens with zero attached hydrogens (tertiary/aromatic N) is 1. The Kier molecular flexibility index (Phi) is 6.98. The van der Waals surface area contributed by atoms with Crippen molar-refractivity contribution < 1.29 is 29.7 Å². The summed E-state index contributed by atoms with van der Waals surface area (Å²) >= 11 is 0. The number of likely N-dealkylation sites (tertiary alicyclic amines) is 1. The predicted molar refractivity (Wildman–Crippen MR) is 120 cm³/mol. The van der Waals surface area contributed by atoms with E-state index in [0.29, 0.717) is 17.8 Å². The summed E-state index contributed by atoms with van der Waals surface area (Å²) in [5, 5.41) is 30.8. The van der Waals surface area contributed by atoms with Crippen molar-refractivity contribution in [2.75, 3.05) is 7.05 Å². The molecule has 32 heavy (non-hydrogen) atoms. The lowest BCUT2D eigenvalue weighted by atomic mass is 9.65. The Morgan fingerprint density at radius 2 is 1.88 bits per heavy atom. The lowest BCUT2D eigenvalue weighted by molar-refractivity contribution is -0.166. The highest BCUT2D eigenvalue weighted by Gasteiger charge is 2.50. The Morgan fingerprint density at radius 3 is 2.50 bits per heavy atom. The van der Waals surface area contributed by atoms with Crippen molar-refractivity contribution in [3.05, 3.63) is 35.6 Å². The van der Waals surface area contributed by atoms with Gasteiger partial charge in [-0.1, -0.05) is 51.8 Å². The Labute approximate surface area is 189 Å². The molecule has 0 spiro atoms. The number of allylic oxidation sites excluding steroid dienone is 4. The van der Waals surface area contributed by atoms with Gasteiger partial charge in [0.1, 0.15) is 11.3 Å². The van der Waals surface area contributed by atoms with Gasteiger partial charge in [-0.15, -0.1) is 0 Å². The van der Waals surface area contributed by atoms with E-state index in [1.165, 1.54) is 26.0 Å². The molecule has 1 heterocycles. The molecule has 2 fully saturated rings. The predicted octanol–water partition coefficient (Wildman–Crippen LogP) is 3.25. The maximum absolute atomic E-state index is 13.0. The van der Waals surface area contributed by atoms with Gasteiger partial charge in [-0.2, -0.15) is 0 Å². The maximum atomic E-state index is 13.0. The second-order valence-electron chi connectivity index (χ2n) is 9.94. The quantitative estimate of drug-likeness (QED) is 0.250. The molecule has 3 aliphatic rings. The first-order valence-corrected chi connectivity index (χ1v) is 11.6. The molecule has 176 valence electrons. The number of carbonyl (C=O) groups excluding carboxylic acids is 2. The van der Waals surface area contributed by atoms with Crippen molar-refractivity contribution in [3.8, 4) is 0 Å². The van der Waals surface area contributed by atoms with Crippen LogP contribution in [-0.2, 0) is 14.4 Å². The highest BCUT2D eigenvalue weighted by Crippen LogP contribution is 2.43. The number of Topliss-reactive ketones (excluding diaryl/α,β-unsaturated/α-hetero) is 1. The van der Waals surface area contributed by atoms with E-state index < -0.39 is 47.4 Å². The number of likely N-dealkylation sites (N-methyl/N-ethyl adjacent to an activating group) is 1. The van der Waals surface area contributed by atoms with Gasteiger partial charge in [0.15, 0.2) is 11.4 Å². The molecule has 1 saturated carbocycles. The summed E-state index contributed by atoms with van der Waals surface area (Å²) in [6.07, 6.45) is 12.1. The normalized spacial score (nSPS) is 34.2. The number of fused-ring (bicyclic) bond motifs is 1. The second kappa shape index (κ2) is 9.22. The molecule has 1 aliphatic heterocycles. The SMILES string of the molecule is CC(C)C(O)(CC1C(=O)/C(=C(O)/C=C/[C@@H]2C3CCCCC3C=C[C@@H]2C)C(=O)N1C)C(=O)O. The Hall–Kier alpha value is -2.41. The third kappa shape index (κ3) is 4.27. The van der Waals surface area contributed by atoms with Crippen LogP contribution in [-0.4, -0.2) is 56.6 Å². The molecular formula is C25H35NO6. The van der Waals surface area contributed by atoms with Crippen molar-refractivity contribution in [1.82, 2.24) is 4.90 Å². The molecule has 0 bridgehead atoms. The summed E-state index contributed by atoms with van der Waals surface area (Å²) in [6, 6.07) is -1.14. The first kappa shape index (κ1) is 24.2. The largest absolute Gasteiger partial charge is 0.507 e. The molecule has 0 aromatic rings. The number of hydrogen-bond donors (Lipinski definition) is 3. The number of carbonyl (C=O) groups is 3. The first-order chi connectivity index (χ1) is 15.0. The molecule has 7 heteroatoms. The molecule has 1 amide bonds. The Bertz CT molecular complexity index is 872. The summed E-state index contributed by atoms with van der Waals surface area (Å²) < 4.78 is 0. The van der Waals surface area contributed by atoms with Crippen LogP contribution in [0.1, 0.15) is 52.9 Å². The molecule has 1 saturated heterocycles. The van der Waals surface area contributed by atoms with Gasteiger partial charge in [-0.05, 0) is 48.5 Å². The van der Waals surface area contributed by atoms with Crippen molar-refractivity contribution in [3.63, 3.8) is 0 Å². The topological polar surface area (TPSA) is 115 Å². The van der Waals surface area contributed by atoms with E-state index in [9.17, 15) is 29.7 Å². The van der Waals surface area contributed by atoms with E-state index >= 15 is 0 Å². The molecule has 0 aromatic carbocycles. The standard InChI is InChI=1S/C25H35NO6/c1-14(2)25(32,24(30)31)13-19-22(28)21(23(29)26(19)4)20(27)12-11-17-15(3)9-10-16-7-5-6-8-18(16)17/h9-12,14-19,27,32H,5-8,13H2,1-4H3,(H,30,31)/b12-11+,21-20+/t15-,16?,17-,18?,19?,25?/m0/s1. The molecule has 0 aromatic heterocycles. The minimum atomic E-state index is -2.16. The number of hydrogen-bond acceptors (Lipinski definition) is 5. The number of carboxylic acids is 1. The van der Waals surface area contributed by atoms with Crippen LogP contribution in [0.3, 0.4) is 0 Å². The fourth-order valence-corrected chi connectivity index (χ4v) is 5.44. The number of carboxylic acid groups (broad SMARTS) is 1. The molecule has 7 nitrogen and oxygen atoms in total. The van der Waals surface area contributed by atoms with Gasteiger partial charge in [0, 0.05) is 13.5 Å². The molecular weight excluding hydrogens is 410 g/mol. The van der Waals surface area contributed by atoms with Gasteiger partial charge in [0.05, 0.1) is 6.04 Å². The van der Waals surface area contributed by atoms with E-state index in [1.54, 1.807) is 13.8 Å². The number of ketones is 1. The lowest BCUT2D eigenvalue weighted by Crippen LogP contribution is -2.49. The van der Waals surface area contributed by atoms with Gasteiger partial charge < -0.3 is 20.2 Å². The lowest BCUT2D eigenvalue weighted by Gasteiger charge is -2.40. The van der Waals surface area contributed by atoms with Crippen molar-refractivity contribution in [2.24, 2.45) is 29.6 Å². The summed E-state index contributed by atoms with van der Waals surface area (Å²) in [7, 11) is 1.39. The number of rotatable bonds is 6. The maximum Gasteiger partial charge on any atom is 0.336 e. The summed E-state index contributed by atoms with van der Waals surface area (Å²) in [5.74, 6) is -2.30. The number of amides is 1. The van der Waals surface area contributed by atoms with E-state index in [0.717, 1.165) is 17.7 Å². The van der Waals surface area contributed by atoms with E-state index in [4.69, 9.17) is 0 Å². The van der Waals surface area contributed by atoms with Gasteiger partial charge >= 0.3 is 5.97 Å². The number of aliphatic hydroxyl groups is 2. The van der Waals surface area contributed by atoms with Gasteiger partial charge in [0.2, 0.25) is 0 Å². The van der Waals surface area contributed by atoms with Gasteiger partial charge in [-0.25, -0.2) is 4.79 Å². The van der Waals surface area contributed by atoms with Crippen LogP contribution in [0.4, 0.5) is 0 Å². The average molecular weight is 446 g/mol. The third-order valence-corrected chi connectivity index (χ3v) is 7.75. The highest BCUT2D eigenvalue weighted by atomic mass is 16.4. The fourth-order valence-electron chi connectivity index (χ4n) is 5.44. The molecule has 6 atom stereocenters. The zero-order valence-electron chi connectivity index (χ0n) is 19.3. The fraction of sp³-hybridized carbons (Fsp3) is 0.640. The van der Waals surface area contributed by atoms with Crippen LogP contribution >= 0.6 is 0 Å². The molecule has 2 aliphatic carbocycles. The minimum Gasteiger partial charge on any atom is -0.507 e. The van der Waals surface area contributed by atoms with E-state index in [1.807, 2.05) is 6.08 Å². The van der Waals surface area contributed by atoms with Crippen LogP contribution in [0.15, 0.2) is 35.6 Å².